The Balaban J connectivity index is 1.76. The minimum Gasteiger partial charge on any atom is -0.444 e. The highest BCUT2D eigenvalue weighted by atomic mass is 16.6. The maximum atomic E-state index is 12.2. The minimum absolute atomic E-state index is 0.188. The maximum Gasteiger partial charge on any atom is 0.410 e. The van der Waals surface area contributed by atoms with E-state index in [1.807, 2.05) is 49.9 Å². The van der Waals surface area contributed by atoms with Gasteiger partial charge in [0.05, 0.1) is 0 Å². The summed E-state index contributed by atoms with van der Waals surface area (Å²) in [6, 6.07) is 8.15. The summed E-state index contributed by atoms with van der Waals surface area (Å²) in [5.41, 5.74) is 7.43. The second kappa shape index (κ2) is 7.68. The van der Waals surface area contributed by atoms with E-state index in [9.17, 15) is 4.79 Å². The molecule has 2 rings (SSSR count). The molecule has 1 saturated heterocycles. The van der Waals surface area contributed by atoms with E-state index in [0.29, 0.717) is 0 Å². The van der Waals surface area contributed by atoms with Crippen molar-refractivity contribution in [2.45, 2.75) is 58.2 Å². The van der Waals surface area contributed by atoms with Crippen LogP contribution in [-0.2, 0) is 11.3 Å². The van der Waals surface area contributed by atoms with Gasteiger partial charge in [-0.05, 0) is 58.2 Å². The molecule has 5 nitrogen and oxygen atoms in total. The molecule has 1 unspecified atom stereocenters. The Kier molecular flexibility index (Phi) is 5.88. The number of ether oxygens (including phenoxy) is 1. The molecule has 0 bridgehead atoms. The number of nitrogens with zero attached hydrogens (tertiary/aromatic N) is 1. The van der Waals surface area contributed by atoms with E-state index >= 15 is 0 Å². The smallest absolute Gasteiger partial charge is 0.410 e. The van der Waals surface area contributed by atoms with Gasteiger partial charge in [0.1, 0.15) is 5.60 Å². The molecule has 0 spiro atoms. The molecule has 23 heavy (non-hydrogen) atoms. The van der Waals surface area contributed by atoms with Gasteiger partial charge in [0.2, 0.25) is 0 Å². The molecule has 1 aromatic rings. The number of rotatable bonds is 5. The van der Waals surface area contributed by atoms with Crippen LogP contribution in [-0.4, -0.2) is 35.7 Å². The lowest BCUT2D eigenvalue weighted by Gasteiger charge is -2.28. The van der Waals surface area contributed by atoms with E-state index in [-0.39, 0.29) is 12.1 Å². The third-order valence-electron chi connectivity index (χ3n) is 4.03. The quantitative estimate of drug-likeness (QED) is 0.646. The normalized spacial score (nSPS) is 18.2. The lowest BCUT2D eigenvalue weighted by molar-refractivity contribution is 0.0221. The van der Waals surface area contributed by atoms with Crippen LogP contribution in [0.2, 0.25) is 0 Å². The summed E-state index contributed by atoms with van der Waals surface area (Å²) in [4.78, 5) is 14.1. The molecule has 0 radical (unpaired) electrons. The Morgan fingerprint density at radius 3 is 2.83 bits per heavy atom. The number of hydrogen-bond donors (Lipinski definition) is 2. The van der Waals surface area contributed by atoms with Gasteiger partial charge in [0.25, 0.3) is 0 Å². The molecule has 3 N–H and O–H groups in total. The zero-order chi connectivity index (χ0) is 16.9. The largest absolute Gasteiger partial charge is 0.444 e. The molecule has 1 heterocycles. The first-order valence-electron chi connectivity index (χ1n) is 8.40. The van der Waals surface area contributed by atoms with Gasteiger partial charge in [-0.25, -0.2) is 4.79 Å². The number of para-hydroxylation sites is 1. The lowest BCUT2D eigenvalue weighted by Crippen LogP contribution is -2.40. The highest BCUT2D eigenvalue weighted by molar-refractivity contribution is 5.68. The van der Waals surface area contributed by atoms with Crippen molar-refractivity contribution in [3.8, 4) is 0 Å². The molecule has 0 aromatic heterocycles. The Hall–Kier alpha value is -1.75. The molecule has 1 aliphatic heterocycles. The van der Waals surface area contributed by atoms with E-state index in [1.165, 1.54) is 0 Å². The summed E-state index contributed by atoms with van der Waals surface area (Å²) >= 11 is 0. The van der Waals surface area contributed by atoms with Gasteiger partial charge in [0, 0.05) is 24.8 Å². The van der Waals surface area contributed by atoms with Crippen LogP contribution in [0.1, 0.15) is 45.6 Å². The van der Waals surface area contributed by atoms with E-state index in [0.717, 1.165) is 50.1 Å². The van der Waals surface area contributed by atoms with Gasteiger partial charge in [-0.15, -0.1) is 0 Å². The van der Waals surface area contributed by atoms with E-state index < -0.39 is 5.60 Å². The van der Waals surface area contributed by atoms with Crippen LogP contribution in [0.25, 0.3) is 0 Å². The first-order chi connectivity index (χ1) is 10.9. The number of nitrogens with two attached hydrogens (primary N) is 1. The Labute approximate surface area is 139 Å². The van der Waals surface area contributed by atoms with Crippen molar-refractivity contribution >= 4 is 11.8 Å². The summed E-state index contributed by atoms with van der Waals surface area (Å²) in [6.45, 7) is 8.13. The third kappa shape index (κ3) is 5.43. The fourth-order valence-corrected chi connectivity index (χ4v) is 2.88. The molecule has 1 aromatic carbocycles. The first-order valence-corrected chi connectivity index (χ1v) is 8.40. The second-order valence-corrected chi connectivity index (χ2v) is 7.13. The monoisotopic (exact) mass is 319 g/mol. The average molecular weight is 319 g/mol. The lowest BCUT2D eigenvalue weighted by atomic mass is 10.1. The van der Waals surface area contributed by atoms with Crippen molar-refractivity contribution in [2.75, 3.05) is 18.8 Å². The van der Waals surface area contributed by atoms with Crippen LogP contribution in [0.3, 0.4) is 0 Å². The standard InChI is InChI=1S/C18H29N3O2/c1-18(2,3)23-17(22)21-12-6-8-15(21)10-11-20-13-14-7-4-5-9-16(14)19/h4-5,7,9,15,20H,6,8,10-13,19H2,1-3H3. The van der Waals surface area contributed by atoms with Crippen molar-refractivity contribution < 1.29 is 9.53 Å². The molecular formula is C18H29N3O2. The topological polar surface area (TPSA) is 67.6 Å². The summed E-state index contributed by atoms with van der Waals surface area (Å²) in [6.07, 6.45) is 2.85. The molecule has 0 saturated carbocycles. The zero-order valence-electron chi connectivity index (χ0n) is 14.5. The average Bonchev–Trinajstić information content (AvgIpc) is 2.92. The molecule has 1 fully saturated rings. The number of carbonyl (C=O) groups excluding carboxylic acids is 1. The fourth-order valence-electron chi connectivity index (χ4n) is 2.88. The van der Waals surface area contributed by atoms with E-state index in [2.05, 4.69) is 5.32 Å². The predicted octanol–water partition coefficient (Wildman–Crippen LogP) is 3.15. The third-order valence-corrected chi connectivity index (χ3v) is 4.03. The maximum absolute atomic E-state index is 12.2. The molecule has 1 amide bonds. The van der Waals surface area contributed by atoms with E-state index in [1.54, 1.807) is 0 Å². The fraction of sp³-hybridized carbons (Fsp3) is 0.611. The van der Waals surface area contributed by atoms with Crippen LogP contribution in [0.15, 0.2) is 24.3 Å². The van der Waals surface area contributed by atoms with Crippen molar-refractivity contribution in [3.63, 3.8) is 0 Å². The van der Waals surface area contributed by atoms with Crippen LogP contribution in [0.4, 0.5) is 10.5 Å². The molecule has 5 heteroatoms. The number of amides is 1. The summed E-state index contributed by atoms with van der Waals surface area (Å²) < 4.78 is 5.49. The Morgan fingerprint density at radius 1 is 1.39 bits per heavy atom. The Morgan fingerprint density at radius 2 is 2.13 bits per heavy atom. The van der Waals surface area contributed by atoms with Gasteiger partial charge in [-0.3, -0.25) is 0 Å². The number of hydrogen-bond acceptors (Lipinski definition) is 4. The summed E-state index contributed by atoms with van der Waals surface area (Å²) in [5.74, 6) is 0. The minimum atomic E-state index is -0.437. The van der Waals surface area contributed by atoms with Gasteiger partial charge in [-0.2, -0.15) is 0 Å². The predicted molar refractivity (Wildman–Crippen MR) is 93.1 cm³/mol. The summed E-state index contributed by atoms with van der Waals surface area (Å²) in [5, 5.41) is 3.42. The van der Waals surface area contributed by atoms with Crippen molar-refractivity contribution in [2.24, 2.45) is 0 Å². The van der Waals surface area contributed by atoms with Crippen molar-refractivity contribution in [1.29, 1.82) is 0 Å². The summed E-state index contributed by atoms with van der Waals surface area (Å²) in [7, 11) is 0. The van der Waals surface area contributed by atoms with Gasteiger partial charge in [0.15, 0.2) is 0 Å². The van der Waals surface area contributed by atoms with Gasteiger partial charge >= 0.3 is 6.09 Å². The SMILES string of the molecule is CC(C)(C)OC(=O)N1CCCC1CCNCc1ccccc1N. The molecule has 1 atom stereocenters. The number of likely N-dealkylation sites (tertiary alicyclic amines) is 1. The second-order valence-electron chi connectivity index (χ2n) is 7.13. The number of anilines is 1. The number of carbonyl (C=O) groups is 1. The molecule has 1 aliphatic rings. The zero-order valence-corrected chi connectivity index (χ0v) is 14.5. The number of nitrogens with one attached hydrogen (secondary N) is 1. The number of nitrogen functional groups attached to an aromatic ring is 1. The van der Waals surface area contributed by atoms with Crippen LogP contribution in [0.5, 0.6) is 0 Å². The van der Waals surface area contributed by atoms with E-state index in [4.69, 9.17) is 10.5 Å². The van der Waals surface area contributed by atoms with Crippen LogP contribution in [0, 0.1) is 0 Å². The van der Waals surface area contributed by atoms with Crippen LogP contribution < -0.4 is 11.1 Å². The highest BCUT2D eigenvalue weighted by Gasteiger charge is 2.31. The van der Waals surface area contributed by atoms with Crippen molar-refractivity contribution in [1.82, 2.24) is 10.2 Å². The van der Waals surface area contributed by atoms with Gasteiger partial charge < -0.3 is 20.7 Å². The van der Waals surface area contributed by atoms with Crippen molar-refractivity contribution in [3.05, 3.63) is 29.8 Å². The highest BCUT2D eigenvalue weighted by Crippen LogP contribution is 2.22. The molecule has 0 aliphatic carbocycles. The van der Waals surface area contributed by atoms with Crippen LogP contribution >= 0.6 is 0 Å². The Bertz CT molecular complexity index is 525. The number of benzene rings is 1. The molecular weight excluding hydrogens is 290 g/mol. The first kappa shape index (κ1) is 17.6. The molecule has 128 valence electrons. The van der Waals surface area contributed by atoms with Gasteiger partial charge in [-0.1, -0.05) is 18.2 Å².